The van der Waals surface area contributed by atoms with Crippen molar-refractivity contribution < 1.29 is 14.9 Å². The molecule has 89 valence electrons. The number of nitrogens with one attached hydrogen (secondary N) is 2. The lowest BCUT2D eigenvalue weighted by Gasteiger charge is -2.35. The van der Waals surface area contributed by atoms with E-state index in [0.29, 0.717) is 12.9 Å². The normalized spacial score (nSPS) is 37.3. The molecule has 0 amide bonds. The highest BCUT2D eigenvalue weighted by Crippen LogP contribution is 2.46. The number of carbonyl (C=O) groups is 1. The highest BCUT2D eigenvalue weighted by atomic mass is 16.4. The second-order valence-electron chi connectivity index (χ2n) is 4.85. The van der Waals surface area contributed by atoms with Gasteiger partial charge in [-0.3, -0.25) is 4.79 Å². The molecule has 0 aromatic rings. The second kappa shape index (κ2) is 4.35. The lowest BCUT2D eigenvalue weighted by Crippen LogP contribution is -2.58. The van der Waals surface area contributed by atoms with Gasteiger partial charge in [-0.1, -0.05) is 12.7 Å². The number of fused-ring (bicyclic) bond motifs is 1. The summed E-state index contributed by atoms with van der Waals surface area (Å²) in [6, 6.07) is 0. The van der Waals surface area contributed by atoms with E-state index in [9.17, 15) is 9.90 Å². The summed E-state index contributed by atoms with van der Waals surface area (Å²) in [6.45, 7) is 2.04. The molecule has 0 saturated carbocycles. The summed E-state index contributed by atoms with van der Waals surface area (Å²) in [7, 11) is 1.16. The fourth-order valence-corrected chi connectivity index (χ4v) is 3.23. The first-order valence-electron chi connectivity index (χ1n) is 5.82. The van der Waals surface area contributed by atoms with Crippen molar-refractivity contribution in [2.24, 2.45) is 5.41 Å². The number of aliphatic carboxylic acids is 1. The van der Waals surface area contributed by atoms with Crippen LogP contribution in [0, 0.1) is 5.41 Å². The van der Waals surface area contributed by atoms with Crippen LogP contribution in [0.5, 0.6) is 0 Å². The van der Waals surface area contributed by atoms with Crippen molar-refractivity contribution >= 4 is 13.5 Å². The Labute approximate surface area is 95.9 Å². The first-order chi connectivity index (χ1) is 7.67. The molecule has 0 aromatic heterocycles. The average molecular weight is 225 g/mol. The number of carboxylic acids is 1. The van der Waals surface area contributed by atoms with Crippen LogP contribution in [0.4, 0.5) is 0 Å². The number of carboxylic acid groups (broad SMARTS) is 1. The molecule has 2 saturated heterocycles. The van der Waals surface area contributed by atoms with Crippen LogP contribution in [-0.4, -0.2) is 48.8 Å². The lowest BCUT2D eigenvalue weighted by atomic mass is 9.68. The third-order valence-electron chi connectivity index (χ3n) is 4.14. The van der Waals surface area contributed by atoms with Crippen molar-refractivity contribution in [2.45, 2.75) is 31.1 Å². The fourth-order valence-electron chi connectivity index (χ4n) is 3.23. The van der Waals surface area contributed by atoms with Crippen LogP contribution in [0.25, 0.3) is 0 Å². The van der Waals surface area contributed by atoms with Gasteiger partial charge < -0.3 is 20.8 Å². The van der Waals surface area contributed by atoms with Gasteiger partial charge in [-0.05, 0) is 19.4 Å². The van der Waals surface area contributed by atoms with Gasteiger partial charge in [-0.25, -0.2) is 0 Å². The van der Waals surface area contributed by atoms with Crippen LogP contribution in [-0.2, 0) is 4.79 Å². The summed E-state index contributed by atoms with van der Waals surface area (Å²) in [5, 5.41) is 24.5. The zero-order valence-corrected chi connectivity index (χ0v) is 9.33. The fraction of sp³-hybridized carbons (Fsp3) is 0.900. The first-order valence-corrected chi connectivity index (χ1v) is 5.82. The highest BCUT2D eigenvalue weighted by molar-refractivity contribution is 6.25. The van der Waals surface area contributed by atoms with Crippen LogP contribution in [0.1, 0.15) is 19.3 Å². The molecule has 5 nitrogen and oxygen atoms in total. The van der Waals surface area contributed by atoms with E-state index in [4.69, 9.17) is 5.02 Å². The van der Waals surface area contributed by atoms with Crippen LogP contribution in [0.2, 0.25) is 6.32 Å². The van der Waals surface area contributed by atoms with Crippen molar-refractivity contribution in [3.63, 3.8) is 0 Å². The topological polar surface area (TPSA) is 81.6 Å². The number of hydrogen-bond donors (Lipinski definition) is 4. The summed E-state index contributed by atoms with van der Waals surface area (Å²) in [5.41, 5.74) is -0.968. The van der Waals surface area contributed by atoms with Crippen molar-refractivity contribution in [3.8, 4) is 0 Å². The largest absolute Gasteiger partial charge is 0.480 e. The van der Waals surface area contributed by atoms with Crippen LogP contribution < -0.4 is 10.6 Å². The molecule has 2 heterocycles. The van der Waals surface area contributed by atoms with Crippen LogP contribution in [0.3, 0.4) is 0 Å². The van der Waals surface area contributed by atoms with Crippen LogP contribution >= 0.6 is 0 Å². The van der Waals surface area contributed by atoms with E-state index < -0.39 is 11.5 Å². The Bertz CT molecular complexity index is 275. The lowest BCUT2D eigenvalue weighted by molar-refractivity contribution is -0.147. The van der Waals surface area contributed by atoms with Gasteiger partial charge in [0.15, 0.2) is 0 Å². The molecule has 4 N–H and O–H groups in total. The molecule has 2 aliphatic rings. The zero-order valence-electron chi connectivity index (χ0n) is 9.33. The van der Waals surface area contributed by atoms with Gasteiger partial charge >= 0.3 is 5.97 Å². The third kappa shape index (κ3) is 1.56. The van der Waals surface area contributed by atoms with Crippen molar-refractivity contribution in [1.29, 1.82) is 0 Å². The summed E-state index contributed by atoms with van der Waals surface area (Å²) < 4.78 is 0. The van der Waals surface area contributed by atoms with Crippen molar-refractivity contribution in [3.05, 3.63) is 0 Å². The quantitative estimate of drug-likeness (QED) is 0.364. The predicted molar refractivity (Wildman–Crippen MR) is 60.3 cm³/mol. The van der Waals surface area contributed by atoms with E-state index in [2.05, 4.69) is 10.6 Å². The maximum Gasteiger partial charge on any atom is 0.325 e. The molecule has 2 fully saturated rings. The van der Waals surface area contributed by atoms with Gasteiger partial charge in [0.1, 0.15) is 5.54 Å². The Morgan fingerprint density at radius 3 is 2.94 bits per heavy atom. The van der Waals surface area contributed by atoms with Gasteiger partial charge in [-0.15, -0.1) is 0 Å². The summed E-state index contributed by atoms with van der Waals surface area (Å²) >= 11 is 0. The standard InChI is InChI=1S/C10H18BN2O3/c14-8(15)10-7-12-6-9(10,3-5-13-10)2-1-4-11-16/h12-13,16H,1-7H2,(H,14,15). The number of rotatable bonds is 5. The minimum Gasteiger partial charge on any atom is -0.480 e. The Morgan fingerprint density at radius 2 is 2.25 bits per heavy atom. The predicted octanol–water partition coefficient (Wildman–Crippen LogP) is -0.797. The molecule has 0 spiro atoms. The van der Waals surface area contributed by atoms with E-state index in [1.165, 1.54) is 0 Å². The molecule has 2 aliphatic heterocycles. The van der Waals surface area contributed by atoms with Gasteiger partial charge in [0.05, 0.1) is 0 Å². The van der Waals surface area contributed by atoms with E-state index >= 15 is 0 Å². The number of hydrogen-bond acceptors (Lipinski definition) is 4. The minimum atomic E-state index is -0.789. The molecule has 2 atom stereocenters. The maximum absolute atomic E-state index is 11.5. The molecule has 0 aromatic carbocycles. The van der Waals surface area contributed by atoms with Gasteiger partial charge in [0.2, 0.25) is 0 Å². The van der Waals surface area contributed by atoms with E-state index in [0.717, 1.165) is 39.8 Å². The van der Waals surface area contributed by atoms with Crippen molar-refractivity contribution in [2.75, 3.05) is 19.6 Å². The molecule has 1 radical (unpaired) electrons. The van der Waals surface area contributed by atoms with Gasteiger partial charge in [0, 0.05) is 18.5 Å². The summed E-state index contributed by atoms with van der Waals surface area (Å²) in [6.07, 6.45) is 3.22. The SMILES string of the molecule is O=C(O)C12CNCC1(CCC[B]O)CCN2. The molecule has 2 rings (SSSR count). The van der Waals surface area contributed by atoms with Gasteiger partial charge in [0.25, 0.3) is 7.48 Å². The summed E-state index contributed by atoms with van der Waals surface area (Å²) in [5.74, 6) is -0.747. The Morgan fingerprint density at radius 1 is 1.44 bits per heavy atom. The average Bonchev–Trinajstić information content (AvgIpc) is 2.73. The molecule has 16 heavy (non-hydrogen) atoms. The van der Waals surface area contributed by atoms with Crippen molar-refractivity contribution in [1.82, 2.24) is 10.6 Å². The smallest absolute Gasteiger partial charge is 0.325 e. The molecular formula is C10H18BN2O3. The van der Waals surface area contributed by atoms with Gasteiger partial charge in [-0.2, -0.15) is 0 Å². The Kier molecular flexibility index (Phi) is 3.23. The van der Waals surface area contributed by atoms with E-state index in [-0.39, 0.29) is 5.41 Å². The molecule has 0 aliphatic carbocycles. The highest BCUT2D eigenvalue weighted by Gasteiger charge is 2.62. The molecular weight excluding hydrogens is 207 g/mol. The molecule has 6 heteroatoms. The second-order valence-corrected chi connectivity index (χ2v) is 4.85. The maximum atomic E-state index is 11.5. The molecule has 0 bridgehead atoms. The monoisotopic (exact) mass is 225 g/mol. The minimum absolute atomic E-state index is 0.179. The summed E-state index contributed by atoms with van der Waals surface area (Å²) in [4.78, 5) is 11.5. The van der Waals surface area contributed by atoms with E-state index in [1.807, 2.05) is 0 Å². The third-order valence-corrected chi connectivity index (χ3v) is 4.14. The Balaban J connectivity index is 2.13. The zero-order chi connectivity index (χ0) is 11.6. The molecule has 2 unspecified atom stereocenters. The first kappa shape index (κ1) is 11.9. The van der Waals surface area contributed by atoms with E-state index in [1.54, 1.807) is 0 Å². The van der Waals surface area contributed by atoms with Crippen LogP contribution in [0.15, 0.2) is 0 Å². The Hall–Kier alpha value is -0.585.